The van der Waals surface area contributed by atoms with Crippen LogP contribution in [0.3, 0.4) is 0 Å². The van der Waals surface area contributed by atoms with Gasteiger partial charge in [-0.25, -0.2) is 17.2 Å². The number of halogens is 3. The Morgan fingerprint density at radius 1 is 1.33 bits per heavy atom. The van der Waals surface area contributed by atoms with Crippen molar-refractivity contribution in [3.63, 3.8) is 0 Å². The number of hydrogen-bond donors (Lipinski definition) is 0. The van der Waals surface area contributed by atoms with Gasteiger partial charge in [0.1, 0.15) is 16.5 Å². The van der Waals surface area contributed by atoms with Crippen molar-refractivity contribution in [1.82, 2.24) is 4.31 Å². The monoisotopic (exact) mass is 341 g/mol. The Hall–Kier alpha value is -0.530. The summed E-state index contributed by atoms with van der Waals surface area (Å²) in [5.41, 5.74) is 0. The number of hydrogen-bond acceptors (Lipinski definition) is 2. The van der Waals surface area contributed by atoms with Gasteiger partial charge in [-0.2, -0.15) is 4.31 Å². The van der Waals surface area contributed by atoms with E-state index in [9.17, 15) is 17.2 Å². The van der Waals surface area contributed by atoms with Crippen LogP contribution in [-0.4, -0.2) is 31.1 Å². The summed E-state index contributed by atoms with van der Waals surface area (Å²) in [6.45, 7) is 2.13. The number of nitrogens with zero attached hydrogens (tertiary/aromatic N) is 1. The highest BCUT2D eigenvalue weighted by Crippen LogP contribution is 2.20. The summed E-state index contributed by atoms with van der Waals surface area (Å²) in [6.07, 6.45) is 0.601. The van der Waals surface area contributed by atoms with Gasteiger partial charge in [0.15, 0.2) is 0 Å². The molecule has 0 bridgehead atoms. The highest BCUT2D eigenvalue weighted by Gasteiger charge is 2.26. The molecule has 0 aliphatic carbocycles. The molecular weight excluding hydrogens is 328 g/mol. The molecule has 7 heteroatoms. The predicted molar refractivity (Wildman–Crippen MR) is 69.2 cm³/mol. The molecule has 3 nitrogen and oxygen atoms in total. The fourth-order valence-corrected chi connectivity index (χ4v) is 3.31. The highest BCUT2D eigenvalue weighted by atomic mass is 79.9. The third kappa shape index (κ3) is 3.49. The summed E-state index contributed by atoms with van der Waals surface area (Å²) in [5.74, 6) is -1.71. The molecule has 0 atom stereocenters. The van der Waals surface area contributed by atoms with Crippen LogP contribution in [0, 0.1) is 11.6 Å². The van der Waals surface area contributed by atoms with Gasteiger partial charge in [-0.1, -0.05) is 22.9 Å². The van der Waals surface area contributed by atoms with Crippen LogP contribution >= 0.6 is 15.9 Å². The SMILES string of the molecule is CCN(CCCBr)S(=O)(=O)c1cc(F)ccc1F. The molecule has 1 rings (SSSR count). The normalized spacial score (nSPS) is 12.1. The van der Waals surface area contributed by atoms with Crippen LogP contribution in [-0.2, 0) is 10.0 Å². The highest BCUT2D eigenvalue weighted by molar-refractivity contribution is 9.09. The molecular formula is C11H14BrF2NO2S. The van der Waals surface area contributed by atoms with E-state index in [1.54, 1.807) is 6.92 Å². The molecule has 18 heavy (non-hydrogen) atoms. The molecule has 0 N–H and O–H groups in total. The Kier molecular flexibility index (Phi) is 5.68. The van der Waals surface area contributed by atoms with E-state index in [-0.39, 0.29) is 13.1 Å². The summed E-state index contributed by atoms with van der Waals surface area (Å²) in [4.78, 5) is -0.612. The zero-order valence-electron chi connectivity index (χ0n) is 9.87. The molecule has 0 aliphatic heterocycles. The summed E-state index contributed by atoms with van der Waals surface area (Å²) in [7, 11) is -3.98. The molecule has 0 spiro atoms. The van der Waals surface area contributed by atoms with Crippen LogP contribution in [0.5, 0.6) is 0 Å². The minimum Gasteiger partial charge on any atom is -0.207 e. The van der Waals surface area contributed by atoms with Crippen LogP contribution in [0.1, 0.15) is 13.3 Å². The molecule has 0 aliphatic rings. The summed E-state index contributed by atoms with van der Waals surface area (Å²) in [6, 6.07) is 2.42. The van der Waals surface area contributed by atoms with Crippen molar-refractivity contribution in [2.75, 3.05) is 18.4 Å². The number of benzene rings is 1. The minimum atomic E-state index is -3.98. The second-order valence-corrected chi connectivity index (χ2v) is 6.31. The number of alkyl halides is 1. The van der Waals surface area contributed by atoms with Crippen molar-refractivity contribution < 1.29 is 17.2 Å². The molecule has 0 saturated heterocycles. The van der Waals surface area contributed by atoms with E-state index in [1.807, 2.05) is 0 Å². The zero-order valence-corrected chi connectivity index (χ0v) is 12.3. The first-order valence-electron chi connectivity index (χ1n) is 5.44. The average molecular weight is 342 g/mol. The van der Waals surface area contributed by atoms with Crippen LogP contribution in [0.2, 0.25) is 0 Å². The van der Waals surface area contributed by atoms with Gasteiger partial charge in [0.25, 0.3) is 0 Å². The van der Waals surface area contributed by atoms with Gasteiger partial charge in [0.05, 0.1) is 0 Å². The van der Waals surface area contributed by atoms with Gasteiger partial charge in [0.2, 0.25) is 10.0 Å². The Balaban J connectivity index is 3.14. The summed E-state index contributed by atoms with van der Waals surface area (Å²) >= 11 is 3.20. The summed E-state index contributed by atoms with van der Waals surface area (Å²) in [5, 5.41) is 0.644. The third-order valence-corrected chi connectivity index (χ3v) is 4.95. The maximum Gasteiger partial charge on any atom is 0.246 e. The van der Waals surface area contributed by atoms with Crippen LogP contribution in [0.4, 0.5) is 8.78 Å². The van der Waals surface area contributed by atoms with Gasteiger partial charge in [-0.05, 0) is 24.6 Å². The predicted octanol–water partition coefficient (Wildman–Crippen LogP) is 2.76. The molecule has 0 fully saturated rings. The van der Waals surface area contributed by atoms with E-state index in [2.05, 4.69) is 15.9 Å². The quantitative estimate of drug-likeness (QED) is 0.746. The maximum absolute atomic E-state index is 13.5. The van der Waals surface area contributed by atoms with E-state index in [0.717, 1.165) is 16.4 Å². The fraction of sp³-hybridized carbons (Fsp3) is 0.455. The van der Waals surface area contributed by atoms with E-state index in [4.69, 9.17) is 0 Å². The standard InChI is InChI=1S/C11H14BrF2NO2S/c1-2-15(7-3-6-12)18(16,17)11-8-9(13)4-5-10(11)14/h4-5,8H,2-3,6-7H2,1H3. The molecule has 0 saturated carbocycles. The molecule has 0 amide bonds. The Labute approximate surface area is 114 Å². The van der Waals surface area contributed by atoms with Crippen molar-refractivity contribution >= 4 is 26.0 Å². The Morgan fingerprint density at radius 3 is 2.56 bits per heavy atom. The minimum absolute atomic E-state index is 0.214. The van der Waals surface area contributed by atoms with E-state index >= 15 is 0 Å². The molecule has 0 heterocycles. The number of rotatable bonds is 6. The molecule has 0 radical (unpaired) electrons. The maximum atomic E-state index is 13.5. The first-order chi connectivity index (χ1) is 8.43. The lowest BCUT2D eigenvalue weighted by atomic mass is 10.3. The molecule has 0 unspecified atom stereocenters. The Bertz CT molecular complexity index is 508. The lowest BCUT2D eigenvalue weighted by molar-refractivity contribution is 0.423. The van der Waals surface area contributed by atoms with Crippen LogP contribution in [0.25, 0.3) is 0 Å². The molecule has 1 aromatic rings. The van der Waals surface area contributed by atoms with Gasteiger partial charge >= 0.3 is 0 Å². The Morgan fingerprint density at radius 2 is 2.00 bits per heavy atom. The molecule has 0 aromatic heterocycles. The second kappa shape index (κ2) is 6.58. The van der Waals surface area contributed by atoms with Crippen molar-refractivity contribution in [1.29, 1.82) is 0 Å². The first-order valence-corrected chi connectivity index (χ1v) is 8.00. The van der Waals surface area contributed by atoms with Crippen molar-refractivity contribution in [3.8, 4) is 0 Å². The van der Waals surface area contributed by atoms with Gasteiger partial charge in [-0.15, -0.1) is 0 Å². The third-order valence-electron chi connectivity index (χ3n) is 2.40. The van der Waals surface area contributed by atoms with Gasteiger partial charge in [-0.3, -0.25) is 0 Å². The van der Waals surface area contributed by atoms with Crippen LogP contribution < -0.4 is 0 Å². The molecule has 102 valence electrons. The van der Waals surface area contributed by atoms with Crippen molar-refractivity contribution in [3.05, 3.63) is 29.8 Å². The van der Waals surface area contributed by atoms with Crippen molar-refractivity contribution in [2.24, 2.45) is 0 Å². The number of sulfonamides is 1. The van der Waals surface area contributed by atoms with E-state index in [0.29, 0.717) is 17.8 Å². The van der Waals surface area contributed by atoms with E-state index in [1.165, 1.54) is 0 Å². The topological polar surface area (TPSA) is 37.4 Å². The molecule has 1 aromatic carbocycles. The first kappa shape index (κ1) is 15.5. The van der Waals surface area contributed by atoms with Gasteiger partial charge < -0.3 is 0 Å². The lowest BCUT2D eigenvalue weighted by Crippen LogP contribution is -2.32. The fourth-order valence-electron chi connectivity index (χ4n) is 1.50. The zero-order chi connectivity index (χ0) is 13.8. The smallest absolute Gasteiger partial charge is 0.207 e. The van der Waals surface area contributed by atoms with E-state index < -0.39 is 26.6 Å². The van der Waals surface area contributed by atoms with Gasteiger partial charge in [0, 0.05) is 18.4 Å². The second-order valence-electron chi connectivity index (χ2n) is 3.61. The van der Waals surface area contributed by atoms with Crippen molar-refractivity contribution in [2.45, 2.75) is 18.2 Å². The average Bonchev–Trinajstić information content (AvgIpc) is 2.33. The summed E-state index contributed by atoms with van der Waals surface area (Å²) < 4.78 is 52.0. The van der Waals surface area contributed by atoms with Crippen LogP contribution in [0.15, 0.2) is 23.1 Å². The largest absolute Gasteiger partial charge is 0.246 e. The lowest BCUT2D eigenvalue weighted by Gasteiger charge is -2.20.